The summed E-state index contributed by atoms with van der Waals surface area (Å²) in [4.78, 5) is 43.6. The number of piperazine rings is 1. The smallest absolute Gasteiger partial charge is 0.322 e. The summed E-state index contributed by atoms with van der Waals surface area (Å²) in [6.45, 7) is 7.70. The van der Waals surface area contributed by atoms with E-state index >= 15 is 0 Å². The first-order valence-electron chi connectivity index (χ1n) is 9.35. The molecule has 27 heavy (non-hydrogen) atoms. The molecule has 1 aromatic rings. The predicted molar refractivity (Wildman–Crippen MR) is 100 cm³/mol. The van der Waals surface area contributed by atoms with Gasteiger partial charge in [-0.1, -0.05) is 13.0 Å². The number of nitrogens with one attached hydrogen (secondary N) is 3. The fourth-order valence-corrected chi connectivity index (χ4v) is 3.23. The third-order valence-electron chi connectivity index (χ3n) is 4.96. The highest BCUT2D eigenvalue weighted by Gasteiger charge is 2.29. The normalized spacial score (nSPS) is 20.3. The summed E-state index contributed by atoms with van der Waals surface area (Å²) in [5.74, 6) is 0.417. The average molecular weight is 374 g/mol. The number of hydrogen-bond donors (Lipinski definition) is 3. The van der Waals surface area contributed by atoms with Gasteiger partial charge in [0, 0.05) is 45.3 Å². The molecule has 2 aliphatic heterocycles. The summed E-state index contributed by atoms with van der Waals surface area (Å²) in [6, 6.07) is 2.83. The number of nitrogens with zero attached hydrogens (tertiary/aromatic N) is 3. The molecule has 3 N–H and O–H groups in total. The van der Waals surface area contributed by atoms with Gasteiger partial charge in [0.2, 0.25) is 5.91 Å². The Hall–Kier alpha value is -2.68. The number of carbonyl (C=O) groups is 3. The molecule has 0 spiro atoms. The van der Waals surface area contributed by atoms with Gasteiger partial charge in [-0.3, -0.25) is 14.9 Å². The molecule has 2 saturated heterocycles. The zero-order chi connectivity index (χ0) is 19.2. The first kappa shape index (κ1) is 19.1. The van der Waals surface area contributed by atoms with Crippen molar-refractivity contribution >= 4 is 23.7 Å². The van der Waals surface area contributed by atoms with Gasteiger partial charge < -0.3 is 20.4 Å². The second-order valence-corrected chi connectivity index (χ2v) is 6.78. The minimum Gasteiger partial charge on any atom is -0.354 e. The first-order chi connectivity index (χ1) is 13.0. The van der Waals surface area contributed by atoms with E-state index < -0.39 is 12.1 Å². The van der Waals surface area contributed by atoms with Crippen molar-refractivity contribution in [2.75, 3.05) is 37.6 Å². The fourth-order valence-electron chi connectivity index (χ4n) is 3.23. The van der Waals surface area contributed by atoms with Gasteiger partial charge in [-0.2, -0.15) is 0 Å². The third kappa shape index (κ3) is 5.16. The molecule has 2 aliphatic rings. The molecule has 0 aliphatic carbocycles. The Bertz CT molecular complexity index is 685. The number of aromatic nitrogens is 1. The van der Waals surface area contributed by atoms with Gasteiger partial charge in [-0.25, -0.2) is 9.78 Å². The summed E-state index contributed by atoms with van der Waals surface area (Å²) in [7, 11) is 0. The molecule has 4 amide bonds. The molecule has 3 rings (SSSR count). The first-order valence-corrected chi connectivity index (χ1v) is 9.35. The summed E-state index contributed by atoms with van der Waals surface area (Å²) < 4.78 is 0. The highest BCUT2D eigenvalue weighted by molar-refractivity contribution is 6.04. The van der Waals surface area contributed by atoms with Gasteiger partial charge in [0.25, 0.3) is 5.91 Å². The van der Waals surface area contributed by atoms with Gasteiger partial charge in [-0.05, 0) is 24.6 Å². The maximum Gasteiger partial charge on any atom is 0.322 e. The highest BCUT2D eigenvalue weighted by Crippen LogP contribution is 2.14. The summed E-state index contributed by atoms with van der Waals surface area (Å²) in [5.41, 5.74) is 0.922. The molecule has 146 valence electrons. The van der Waals surface area contributed by atoms with E-state index in [1.807, 2.05) is 12.1 Å². The van der Waals surface area contributed by atoms with Crippen LogP contribution in [0.5, 0.6) is 0 Å². The molecule has 9 heteroatoms. The van der Waals surface area contributed by atoms with Crippen molar-refractivity contribution in [2.45, 2.75) is 32.4 Å². The largest absolute Gasteiger partial charge is 0.354 e. The van der Waals surface area contributed by atoms with Gasteiger partial charge in [0.1, 0.15) is 11.9 Å². The van der Waals surface area contributed by atoms with Crippen molar-refractivity contribution in [2.24, 2.45) is 0 Å². The molecule has 0 saturated carbocycles. The topological polar surface area (TPSA) is 107 Å². The minimum atomic E-state index is -0.627. The number of rotatable bonds is 7. The predicted octanol–water partition coefficient (Wildman–Crippen LogP) is -0.172. The monoisotopic (exact) mass is 374 g/mol. The standard InChI is InChI=1S/C18H26N6O3/c1-2-23-7-9-24(10-8-23)15-5-3-13(11-19-15)12-20-16(25)6-4-14-17(26)22-18(27)21-14/h3,5,11,14H,2,4,6-10,12H2,1H3,(H,20,25)(H2,21,22,26,27). The van der Waals surface area contributed by atoms with E-state index in [4.69, 9.17) is 0 Å². The number of amides is 4. The quantitative estimate of drug-likeness (QED) is 0.572. The van der Waals surface area contributed by atoms with E-state index in [0.29, 0.717) is 6.54 Å². The molecule has 2 fully saturated rings. The Kier molecular flexibility index (Phi) is 6.23. The lowest BCUT2D eigenvalue weighted by Crippen LogP contribution is -2.46. The Balaban J connectivity index is 1.40. The van der Waals surface area contributed by atoms with Crippen LogP contribution >= 0.6 is 0 Å². The molecule has 0 bridgehead atoms. The highest BCUT2D eigenvalue weighted by atomic mass is 16.2. The van der Waals surface area contributed by atoms with E-state index in [1.54, 1.807) is 6.20 Å². The molecule has 1 unspecified atom stereocenters. The Labute approximate surface area is 158 Å². The van der Waals surface area contributed by atoms with E-state index in [9.17, 15) is 14.4 Å². The summed E-state index contributed by atoms with van der Waals surface area (Å²) in [6.07, 6.45) is 2.24. The zero-order valence-corrected chi connectivity index (χ0v) is 15.5. The molecule has 9 nitrogen and oxygen atoms in total. The zero-order valence-electron chi connectivity index (χ0n) is 15.5. The minimum absolute atomic E-state index is 0.163. The number of likely N-dealkylation sites (N-methyl/N-ethyl adjacent to an activating group) is 1. The lowest BCUT2D eigenvalue weighted by Gasteiger charge is -2.34. The Morgan fingerprint density at radius 3 is 2.63 bits per heavy atom. The van der Waals surface area contributed by atoms with Crippen molar-refractivity contribution < 1.29 is 14.4 Å². The van der Waals surface area contributed by atoms with Crippen molar-refractivity contribution in [1.82, 2.24) is 25.8 Å². The van der Waals surface area contributed by atoms with E-state index in [2.05, 4.69) is 37.7 Å². The lowest BCUT2D eigenvalue weighted by atomic mass is 10.1. The Morgan fingerprint density at radius 1 is 1.26 bits per heavy atom. The SMILES string of the molecule is CCN1CCN(c2ccc(CNC(=O)CCC3NC(=O)NC3=O)cn2)CC1. The number of imide groups is 1. The molecular formula is C18H26N6O3. The van der Waals surface area contributed by atoms with E-state index in [-0.39, 0.29) is 24.7 Å². The number of pyridine rings is 1. The van der Waals surface area contributed by atoms with Crippen LogP contribution in [0.4, 0.5) is 10.6 Å². The van der Waals surface area contributed by atoms with Crippen LogP contribution in [0.3, 0.4) is 0 Å². The second kappa shape index (κ2) is 8.81. The summed E-state index contributed by atoms with van der Waals surface area (Å²) in [5, 5.41) is 7.45. The number of urea groups is 1. The van der Waals surface area contributed by atoms with Crippen LogP contribution in [0.1, 0.15) is 25.3 Å². The van der Waals surface area contributed by atoms with E-state index in [1.165, 1.54) is 0 Å². The van der Waals surface area contributed by atoms with Crippen LogP contribution in [-0.2, 0) is 16.1 Å². The van der Waals surface area contributed by atoms with Crippen LogP contribution in [-0.4, -0.2) is 66.5 Å². The van der Waals surface area contributed by atoms with Gasteiger partial charge in [-0.15, -0.1) is 0 Å². The molecule has 3 heterocycles. The maximum absolute atomic E-state index is 11.9. The lowest BCUT2D eigenvalue weighted by molar-refractivity contribution is -0.122. The van der Waals surface area contributed by atoms with Gasteiger partial charge in [0.05, 0.1) is 0 Å². The van der Waals surface area contributed by atoms with Gasteiger partial charge in [0.15, 0.2) is 0 Å². The van der Waals surface area contributed by atoms with Crippen molar-refractivity contribution in [1.29, 1.82) is 0 Å². The molecule has 1 aromatic heterocycles. The van der Waals surface area contributed by atoms with E-state index in [0.717, 1.165) is 44.1 Å². The summed E-state index contributed by atoms with van der Waals surface area (Å²) >= 11 is 0. The molecule has 1 atom stereocenters. The number of carbonyl (C=O) groups excluding carboxylic acids is 3. The second-order valence-electron chi connectivity index (χ2n) is 6.78. The molecule has 0 radical (unpaired) electrons. The van der Waals surface area contributed by atoms with Crippen molar-refractivity contribution in [3.05, 3.63) is 23.9 Å². The van der Waals surface area contributed by atoms with Crippen LogP contribution in [0.15, 0.2) is 18.3 Å². The fraction of sp³-hybridized carbons (Fsp3) is 0.556. The third-order valence-corrected chi connectivity index (χ3v) is 4.96. The van der Waals surface area contributed by atoms with Crippen LogP contribution in [0.25, 0.3) is 0 Å². The maximum atomic E-state index is 11.9. The molecule has 0 aromatic carbocycles. The van der Waals surface area contributed by atoms with Crippen LogP contribution < -0.4 is 20.9 Å². The molecular weight excluding hydrogens is 348 g/mol. The number of anilines is 1. The Morgan fingerprint density at radius 2 is 2.04 bits per heavy atom. The van der Waals surface area contributed by atoms with Gasteiger partial charge >= 0.3 is 6.03 Å². The average Bonchev–Trinajstić information content (AvgIpc) is 3.02. The van der Waals surface area contributed by atoms with Crippen LogP contribution in [0, 0.1) is 0 Å². The van der Waals surface area contributed by atoms with Crippen molar-refractivity contribution in [3.63, 3.8) is 0 Å². The number of hydrogen-bond acceptors (Lipinski definition) is 6. The van der Waals surface area contributed by atoms with Crippen LogP contribution in [0.2, 0.25) is 0 Å². The van der Waals surface area contributed by atoms with Crippen molar-refractivity contribution in [3.8, 4) is 0 Å².